The predicted molar refractivity (Wildman–Crippen MR) is 109 cm³/mol. The van der Waals surface area contributed by atoms with Gasteiger partial charge in [0.1, 0.15) is 0 Å². The van der Waals surface area contributed by atoms with Crippen molar-refractivity contribution in [3.8, 4) is 11.5 Å². The SMILES string of the molecule is CCOc1cc(/C=N/NC(=O)CCC(=O)Nc2ccc(C)c(Cl)c2)ccc1O. The van der Waals surface area contributed by atoms with Gasteiger partial charge in [0.25, 0.3) is 0 Å². The average molecular weight is 404 g/mol. The Labute approximate surface area is 168 Å². The van der Waals surface area contributed by atoms with E-state index in [0.717, 1.165) is 5.56 Å². The third-order valence-electron chi connectivity index (χ3n) is 3.72. The molecule has 0 atom stereocenters. The highest BCUT2D eigenvalue weighted by Crippen LogP contribution is 2.26. The number of ether oxygens (including phenoxy) is 1. The Hall–Kier alpha value is -3.06. The summed E-state index contributed by atoms with van der Waals surface area (Å²) in [6, 6.07) is 9.93. The highest BCUT2D eigenvalue weighted by Gasteiger charge is 2.08. The Morgan fingerprint density at radius 3 is 2.64 bits per heavy atom. The number of amides is 2. The minimum atomic E-state index is -0.392. The number of hydrogen-bond donors (Lipinski definition) is 3. The zero-order valence-corrected chi connectivity index (χ0v) is 16.4. The van der Waals surface area contributed by atoms with E-state index in [1.54, 1.807) is 30.3 Å². The highest BCUT2D eigenvalue weighted by molar-refractivity contribution is 6.31. The maximum Gasteiger partial charge on any atom is 0.240 e. The third-order valence-corrected chi connectivity index (χ3v) is 4.13. The quantitative estimate of drug-likeness (QED) is 0.463. The molecule has 0 aliphatic carbocycles. The van der Waals surface area contributed by atoms with Crippen LogP contribution in [0.4, 0.5) is 5.69 Å². The van der Waals surface area contributed by atoms with E-state index in [9.17, 15) is 14.7 Å². The van der Waals surface area contributed by atoms with Crippen molar-refractivity contribution < 1.29 is 19.4 Å². The van der Waals surface area contributed by atoms with E-state index < -0.39 is 5.91 Å². The van der Waals surface area contributed by atoms with Crippen LogP contribution < -0.4 is 15.5 Å². The zero-order chi connectivity index (χ0) is 20.5. The number of aryl methyl sites for hydroxylation is 1. The van der Waals surface area contributed by atoms with Crippen LogP contribution in [0.3, 0.4) is 0 Å². The molecule has 0 fully saturated rings. The van der Waals surface area contributed by atoms with Crippen molar-refractivity contribution in [2.24, 2.45) is 5.10 Å². The van der Waals surface area contributed by atoms with Crippen molar-refractivity contribution in [1.82, 2.24) is 5.43 Å². The Morgan fingerprint density at radius 1 is 1.18 bits per heavy atom. The summed E-state index contributed by atoms with van der Waals surface area (Å²) in [5.41, 5.74) is 4.50. The van der Waals surface area contributed by atoms with E-state index in [2.05, 4.69) is 15.8 Å². The van der Waals surface area contributed by atoms with Gasteiger partial charge in [0.15, 0.2) is 11.5 Å². The lowest BCUT2D eigenvalue weighted by Gasteiger charge is -2.07. The summed E-state index contributed by atoms with van der Waals surface area (Å²) in [5, 5.41) is 16.7. The number of carbonyl (C=O) groups is 2. The molecule has 0 saturated carbocycles. The maximum absolute atomic E-state index is 11.9. The van der Waals surface area contributed by atoms with Crippen LogP contribution in [0, 0.1) is 6.92 Å². The number of nitrogens with zero attached hydrogens (tertiary/aromatic N) is 1. The predicted octanol–water partition coefficient (Wildman–Crippen LogP) is 3.62. The van der Waals surface area contributed by atoms with Gasteiger partial charge in [-0.05, 0) is 55.3 Å². The van der Waals surface area contributed by atoms with Crippen LogP contribution in [-0.2, 0) is 9.59 Å². The second-order valence-electron chi connectivity index (χ2n) is 5.97. The molecule has 0 spiro atoms. The van der Waals surface area contributed by atoms with Crippen LogP contribution in [0.15, 0.2) is 41.5 Å². The fraction of sp³-hybridized carbons (Fsp3) is 0.250. The maximum atomic E-state index is 11.9. The number of anilines is 1. The van der Waals surface area contributed by atoms with Crippen molar-refractivity contribution >= 4 is 35.3 Å². The van der Waals surface area contributed by atoms with Gasteiger partial charge in [0.05, 0.1) is 12.8 Å². The summed E-state index contributed by atoms with van der Waals surface area (Å²) >= 11 is 6.02. The standard InChI is InChI=1S/C20H22ClN3O4/c1-3-28-18-10-14(5-7-17(18)25)12-22-24-20(27)9-8-19(26)23-15-6-4-13(2)16(21)11-15/h4-7,10-12,25H,3,8-9H2,1-2H3,(H,23,26)(H,24,27)/b22-12+. The van der Waals surface area contributed by atoms with Gasteiger partial charge in [-0.1, -0.05) is 17.7 Å². The number of rotatable bonds is 8. The van der Waals surface area contributed by atoms with Gasteiger partial charge in [0.2, 0.25) is 11.8 Å². The van der Waals surface area contributed by atoms with Crippen molar-refractivity contribution in [3.05, 3.63) is 52.5 Å². The van der Waals surface area contributed by atoms with Gasteiger partial charge < -0.3 is 15.2 Å². The van der Waals surface area contributed by atoms with Crippen LogP contribution in [0.2, 0.25) is 5.02 Å². The minimum Gasteiger partial charge on any atom is -0.504 e. The number of phenols is 1. The van der Waals surface area contributed by atoms with Crippen LogP contribution in [-0.4, -0.2) is 29.7 Å². The highest BCUT2D eigenvalue weighted by atomic mass is 35.5. The van der Waals surface area contributed by atoms with Gasteiger partial charge in [-0.15, -0.1) is 0 Å². The molecule has 7 nitrogen and oxygen atoms in total. The summed E-state index contributed by atoms with van der Waals surface area (Å²) in [4.78, 5) is 23.8. The topological polar surface area (TPSA) is 100 Å². The fourth-order valence-corrected chi connectivity index (χ4v) is 2.42. The molecule has 148 valence electrons. The lowest BCUT2D eigenvalue weighted by Crippen LogP contribution is -2.20. The number of hydrazone groups is 1. The van der Waals surface area contributed by atoms with Crippen molar-refractivity contribution in [1.29, 1.82) is 0 Å². The summed E-state index contributed by atoms with van der Waals surface area (Å²) in [6.07, 6.45) is 1.43. The Morgan fingerprint density at radius 2 is 1.93 bits per heavy atom. The van der Waals surface area contributed by atoms with Gasteiger partial charge in [-0.2, -0.15) is 5.10 Å². The van der Waals surface area contributed by atoms with Crippen molar-refractivity contribution in [2.75, 3.05) is 11.9 Å². The largest absolute Gasteiger partial charge is 0.504 e. The van der Waals surface area contributed by atoms with E-state index in [0.29, 0.717) is 28.6 Å². The summed E-state index contributed by atoms with van der Waals surface area (Å²) in [7, 11) is 0. The Bertz CT molecular complexity index is 884. The molecule has 2 amide bonds. The molecule has 0 heterocycles. The molecular formula is C20H22ClN3O4. The molecule has 0 bridgehead atoms. The molecule has 0 saturated heterocycles. The van der Waals surface area contributed by atoms with Gasteiger partial charge in [-0.3, -0.25) is 9.59 Å². The molecule has 0 aliphatic rings. The molecule has 28 heavy (non-hydrogen) atoms. The van der Waals surface area contributed by atoms with Crippen LogP contribution in [0.5, 0.6) is 11.5 Å². The number of carbonyl (C=O) groups excluding carboxylic acids is 2. The fourth-order valence-electron chi connectivity index (χ4n) is 2.24. The Kier molecular flexibility index (Phi) is 7.83. The number of nitrogens with one attached hydrogen (secondary N) is 2. The second-order valence-corrected chi connectivity index (χ2v) is 6.37. The number of halogens is 1. The summed E-state index contributed by atoms with van der Waals surface area (Å²) in [6.45, 7) is 4.10. The van der Waals surface area contributed by atoms with E-state index in [-0.39, 0.29) is 24.5 Å². The number of benzene rings is 2. The molecule has 0 unspecified atom stereocenters. The molecular weight excluding hydrogens is 382 g/mol. The normalized spacial score (nSPS) is 10.7. The molecule has 3 N–H and O–H groups in total. The monoisotopic (exact) mass is 403 g/mol. The lowest BCUT2D eigenvalue weighted by molar-refractivity contribution is -0.124. The zero-order valence-electron chi connectivity index (χ0n) is 15.7. The molecule has 0 aromatic heterocycles. The van der Waals surface area contributed by atoms with Crippen molar-refractivity contribution in [2.45, 2.75) is 26.7 Å². The molecule has 0 aliphatic heterocycles. The second kappa shape index (κ2) is 10.3. The first kappa shape index (κ1) is 21.2. The van der Waals surface area contributed by atoms with E-state index in [1.807, 2.05) is 13.8 Å². The smallest absolute Gasteiger partial charge is 0.240 e. The van der Waals surface area contributed by atoms with E-state index in [4.69, 9.17) is 16.3 Å². The minimum absolute atomic E-state index is 0.0114. The lowest BCUT2D eigenvalue weighted by atomic mass is 10.2. The van der Waals surface area contributed by atoms with E-state index in [1.165, 1.54) is 12.3 Å². The van der Waals surface area contributed by atoms with E-state index >= 15 is 0 Å². The van der Waals surface area contributed by atoms with Crippen molar-refractivity contribution in [3.63, 3.8) is 0 Å². The number of phenolic OH excluding ortho intramolecular Hbond substituents is 1. The molecule has 8 heteroatoms. The van der Waals surface area contributed by atoms with Gasteiger partial charge in [0, 0.05) is 23.6 Å². The van der Waals surface area contributed by atoms with Crippen LogP contribution in [0.1, 0.15) is 30.9 Å². The molecule has 0 radical (unpaired) electrons. The van der Waals surface area contributed by atoms with Gasteiger partial charge in [-0.25, -0.2) is 5.43 Å². The summed E-state index contributed by atoms with van der Waals surface area (Å²) < 4.78 is 5.28. The average Bonchev–Trinajstić information content (AvgIpc) is 2.66. The first-order chi connectivity index (χ1) is 13.4. The molecule has 2 rings (SSSR count). The first-order valence-electron chi connectivity index (χ1n) is 8.72. The van der Waals surface area contributed by atoms with Crippen LogP contribution >= 0.6 is 11.6 Å². The third kappa shape index (κ3) is 6.59. The van der Waals surface area contributed by atoms with Crippen LogP contribution in [0.25, 0.3) is 0 Å². The number of hydrogen-bond acceptors (Lipinski definition) is 5. The Balaban J connectivity index is 1.79. The molecule has 2 aromatic carbocycles. The van der Waals surface area contributed by atoms with Gasteiger partial charge >= 0.3 is 0 Å². The first-order valence-corrected chi connectivity index (χ1v) is 9.10. The number of aromatic hydroxyl groups is 1. The summed E-state index contributed by atoms with van der Waals surface area (Å²) in [5.74, 6) is -0.314. The molecule has 2 aromatic rings.